The quantitative estimate of drug-likeness (QED) is 0.699. The van der Waals surface area contributed by atoms with Crippen LogP contribution in [0.15, 0.2) is 0 Å². The van der Waals surface area contributed by atoms with Gasteiger partial charge in [0.05, 0.1) is 11.5 Å². The van der Waals surface area contributed by atoms with E-state index in [2.05, 4.69) is 10.6 Å². The molecule has 3 unspecified atom stereocenters. The zero-order chi connectivity index (χ0) is 14.6. The lowest BCUT2D eigenvalue weighted by Gasteiger charge is -2.40. The molecule has 0 spiro atoms. The maximum atomic E-state index is 12.0. The van der Waals surface area contributed by atoms with Gasteiger partial charge >= 0.3 is 5.97 Å². The van der Waals surface area contributed by atoms with Crippen molar-refractivity contribution < 1.29 is 19.5 Å². The van der Waals surface area contributed by atoms with Crippen molar-refractivity contribution in [3.8, 4) is 0 Å². The van der Waals surface area contributed by atoms with Crippen molar-refractivity contribution in [1.82, 2.24) is 10.6 Å². The highest BCUT2D eigenvalue weighted by Crippen LogP contribution is 2.33. The Bertz CT molecular complexity index is 383. The van der Waals surface area contributed by atoms with Gasteiger partial charge in [-0.15, -0.1) is 0 Å². The number of carboxylic acid groups (broad SMARTS) is 1. The standard InChI is InChI=1S/C13H22N2O4/c1-8(14-9(2)16)11(17)15-13(3)7-5-4-6-10(13)12(18)19/h8,10H,4-7H2,1-3H3,(H,14,16)(H,15,17)(H,18,19). The van der Waals surface area contributed by atoms with Gasteiger partial charge < -0.3 is 15.7 Å². The molecule has 1 aliphatic carbocycles. The van der Waals surface area contributed by atoms with Crippen molar-refractivity contribution in [2.24, 2.45) is 5.92 Å². The van der Waals surface area contributed by atoms with Gasteiger partial charge in [-0.1, -0.05) is 12.8 Å². The molecular formula is C13H22N2O4. The maximum Gasteiger partial charge on any atom is 0.308 e. The Kier molecular flexibility index (Phi) is 4.91. The van der Waals surface area contributed by atoms with E-state index in [0.29, 0.717) is 12.8 Å². The third kappa shape index (κ3) is 3.94. The summed E-state index contributed by atoms with van der Waals surface area (Å²) < 4.78 is 0. The van der Waals surface area contributed by atoms with Crippen LogP contribution in [0.25, 0.3) is 0 Å². The van der Waals surface area contributed by atoms with Crippen LogP contribution in [0, 0.1) is 5.92 Å². The predicted octanol–water partition coefficient (Wildman–Crippen LogP) is 0.661. The molecule has 3 atom stereocenters. The molecular weight excluding hydrogens is 248 g/mol. The van der Waals surface area contributed by atoms with Crippen LogP contribution in [-0.2, 0) is 14.4 Å². The van der Waals surface area contributed by atoms with Gasteiger partial charge in [0.25, 0.3) is 0 Å². The third-order valence-electron chi connectivity index (χ3n) is 3.73. The van der Waals surface area contributed by atoms with Crippen LogP contribution in [0.3, 0.4) is 0 Å². The summed E-state index contributed by atoms with van der Waals surface area (Å²) in [5, 5.41) is 14.5. The molecule has 19 heavy (non-hydrogen) atoms. The van der Waals surface area contributed by atoms with E-state index in [9.17, 15) is 19.5 Å². The van der Waals surface area contributed by atoms with Crippen molar-refractivity contribution in [2.45, 2.75) is 58.0 Å². The predicted molar refractivity (Wildman–Crippen MR) is 69.4 cm³/mol. The van der Waals surface area contributed by atoms with E-state index in [1.165, 1.54) is 6.92 Å². The zero-order valence-electron chi connectivity index (χ0n) is 11.7. The monoisotopic (exact) mass is 270 g/mol. The molecule has 1 aliphatic rings. The van der Waals surface area contributed by atoms with Crippen LogP contribution in [-0.4, -0.2) is 34.5 Å². The van der Waals surface area contributed by atoms with Crippen LogP contribution in [0.5, 0.6) is 0 Å². The molecule has 0 aromatic rings. The first-order valence-electron chi connectivity index (χ1n) is 6.58. The number of carbonyl (C=O) groups excluding carboxylic acids is 2. The van der Waals surface area contributed by atoms with Crippen molar-refractivity contribution in [3.63, 3.8) is 0 Å². The number of carboxylic acids is 1. The number of aliphatic carboxylic acids is 1. The molecule has 6 heteroatoms. The summed E-state index contributed by atoms with van der Waals surface area (Å²) in [5.41, 5.74) is -0.742. The number of carbonyl (C=O) groups is 3. The Hall–Kier alpha value is -1.59. The Morgan fingerprint density at radius 2 is 1.95 bits per heavy atom. The molecule has 1 rings (SSSR count). The first-order valence-corrected chi connectivity index (χ1v) is 6.58. The lowest BCUT2D eigenvalue weighted by molar-refractivity contribution is -0.147. The molecule has 0 aromatic carbocycles. The molecule has 0 radical (unpaired) electrons. The summed E-state index contributed by atoms with van der Waals surface area (Å²) >= 11 is 0. The average molecular weight is 270 g/mol. The SMILES string of the molecule is CC(=O)NC(C)C(=O)NC1(C)CCCCC1C(=O)O. The Morgan fingerprint density at radius 3 is 2.47 bits per heavy atom. The second kappa shape index (κ2) is 6.04. The number of rotatable bonds is 4. The molecule has 1 saturated carbocycles. The number of amides is 2. The Balaban J connectivity index is 2.73. The van der Waals surface area contributed by atoms with Crippen LogP contribution in [0.1, 0.15) is 46.5 Å². The summed E-state index contributed by atoms with van der Waals surface area (Å²) in [4.78, 5) is 34.2. The molecule has 108 valence electrons. The third-order valence-corrected chi connectivity index (χ3v) is 3.73. The number of nitrogens with one attached hydrogen (secondary N) is 2. The van der Waals surface area contributed by atoms with Crippen LogP contribution in [0.2, 0.25) is 0 Å². The molecule has 0 bridgehead atoms. The van der Waals surface area contributed by atoms with Crippen molar-refractivity contribution in [1.29, 1.82) is 0 Å². The fraction of sp³-hybridized carbons (Fsp3) is 0.769. The first-order chi connectivity index (χ1) is 8.76. The fourth-order valence-electron chi connectivity index (χ4n) is 2.64. The normalized spacial score (nSPS) is 28.3. The fourth-order valence-corrected chi connectivity index (χ4v) is 2.64. The lowest BCUT2D eigenvalue weighted by Crippen LogP contribution is -2.59. The van der Waals surface area contributed by atoms with E-state index in [1.807, 2.05) is 0 Å². The van der Waals surface area contributed by atoms with Gasteiger partial charge in [-0.3, -0.25) is 14.4 Å². The minimum Gasteiger partial charge on any atom is -0.481 e. The van der Waals surface area contributed by atoms with Gasteiger partial charge in [-0.2, -0.15) is 0 Å². The van der Waals surface area contributed by atoms with Crippen molar-refractivity contribution in [3.05, 3.63) is 0 Å². The van der Waals surface area contributed by atoms with E-state index in [-0.39, 0.29) is 11.8 Å². The molecule has 6 nitrogen and oxygen atoms in total. The minimum atomic E-state index is -0.880. The molecule has 1 fully saturated rings. The highest BCUT2D eigenvalue weighted by Gasteiger charge is 2.42. The van der Waals surface area contributed by atoms with E-state index in [0.717, 1.165) is 12.8 Å². The van der Waals surface area contributed by atoms with E-state index >= 15 is 0 Å². The Morgan fingerprint density at radius 1 is 1.32 bits per heavy atom. The second-order valence-electron chi connectivity index (χ2n) is 5.47. The summed E-state index contributed by atoms with van der Waals surface area (Å²) in [5.74, 6) is -2.08. The molecule has 0 aromatic heterocycles. The first kappa shape index (κ1) is 15.5. The molecule has 2 amide bonds. The van der Waals surface area contributed by atoms with Crippen molar-refractivity contribution in [2.75, 3.05) is 0 Å². The van der Waals surface area contributed by atoms with E-state index < -0.39 is 23.5 Å². The molecule has 0 heterocycles. The van der Waals surface area contributed by atoms with E-state index in [4.69, 9.17) is 0 Å². The van der Waals surface area contributed by atoms with Crippen molar-refractivity contribution >= 4 is 17.8 Å². The summed E-state index contributed by atoms with van der Waals surface area (Å²) in [6, 6.07) is -0.661. The Labute approximate surface area is 112 Å². The second-order valence-corrected chi connectivity index (χ2v) is 5.47. The topological polar surface area (TPSA) is 95.5 Å². The summed E-state index contributed by atoms with van der Waals surface area (Å²) in [6.45, 7) is 4.69. The van der Waals surface area contributed by atoms with E-state index in [1.54, 1.807) is 13.8 Å². The maximum absolute atomic E-state index is 12.0. The molecule has 0 aliphatic heterocycles. The van der Waals surface area contributed by atoms with Gasteiger partial charge in [0.15, 0.2) is 0 Å². The van der Waals surface area contributed by atoms with Crippen LogP contribution in [0.4, 0.5) is 0 Å². The van der Waals surface area contributed by atoms with Gasteiger partial charge in [-0.25, -0.2) is 0 Å². The zero-order valence-corrected chi connectivity index (χ0v) is 11.7. The molecule has 3 N–H and O–H groups in total. The highest BCUT2D eigenvalue weighted by molar-refractivity contribution is 5.87. The van der Waals surface area contributed by atoms with Crippen LogP contribution >= 0.6 is 0 Å². The lowest BCUT2D eigenvalue weighted by atomic mass is 9.73. The average Bonchev–Trinajstić information content (AvgIpc) is 2.27. The largest absolute Gasteiger partial charge is 0.481 e. The summed E-state index contributed by atoms with van der Waals surface area (Å²) in [7, 11) is 0. The summed E-state index contributed by atoms with van der Waals surface area (Å²) in [6.07, 6.45) is 2.97. The molecule has 0 saturated heterocycles. The number of hydrogen-bond acceptors (Lipinski definition) is 3. The van der Waals surface area contributed by atoms with Gasteiger partial charge in [0, 0.05) is 6.92 Å². The smallest absolute Gasteiger partial charge is 0.308 e. The minimum absolute atomic E-state index is 0.286. The number of hydrogen-bond donors (Lipinski definition) is 3. The van der Waals surface area contributed by atoms with Gasteiger partial charge in [-0.05, 0) is 26.7 Å². The van der Waals surface area contributed by atoms with Crippen LogP contribution < -0.4 is 10.6 Å². The van der Waals surface area contributed by atoms with Gasteiger partial charge in [0.1, 0.15) is 6.04 Å². The highest BCUT2D eigenvalue weighted by atomic mass is 16.4. The van der Waals surface area contributed by atoms with Gasteiger partial charge in [0.2, 0.25) is 11.8 Å².